The molecule has 1 unspecified atom stereocenters. The number of aliphatic hydroxyl groups is 1. The van der Waals surface area contributed by atoms with E-state index in [2.05, 4.69) is 0 Å². The molecule has 0 heterocycles. The Hall–Kier alpha value is -3.49. The second kappa shape index (κ2) is 8.89. The Balaban J connectivity index is 1.87. The normalized spacial score (nSPS) is 12.3. The van der Waals surface area contributed by atoms with Gasteiger partial charge in [-0.25, -0.2) is 0 Å². The third-order valence-corrected chi connectivity index (χ3v) is 5.62. The van der Waals surface area contributed by atoms with Gasteiger partial charge in [0.2, 0.25) is 0 Å². The molecule has 1 atom stereocenters. The molecule has 0 fully saturated rings. The first-order valence-corrected chi connectivity index (χ1v) is 10.2. The summed E-state index contributed by atoms with van der Waals surface area (Å²) in [7, 11) is 0. The predicted octanol–water partition coefficient (Wildman–Crippen LogP) is 5.98. The number of hydrogen-bond acceptors (Lipinski definition) is 2. The van der Waals surface area contributed by atoms with Gasteiger partial charge in [0.15, 0.2) is 5.78 Å². The summed E-state index contributed by atoms with van der Waals surface area (Å²) in [5, 5.41) is 12.3. The van der Waals surface area contributed by atoms with E-state index in [4.69, 9.17) is 0 Å². The standard InChI is InChI=1S/C28H24O2/c29-27(23-15-7-2-8-16-23)21-26(22-13-5-1-6-14-22)28(30,24-17-9-3-10-18-24)25-19-11-4-12-20-25/h1-20,26,30H,21H2. The average Bonchev–Trinajstić information content (AvgIpc) is 2.84. The minimum Gasteiger partial charge on any atom is -0.380 e. The summed E-state index contributed by atoms with van der Waals surface area (Å²) in [5.74, 6) is -0.439. The fourth-order valence-corrected chi connectivity index (χ4v) is 4.07. The van der Waals surface area contributed by atoms with Crippen molar-refractivity contribution in [1.82, 2.24) is 0 Å². The Kier molecular flexibility index (Phi) is 5.87. The number of ketones is 1. The number of benzene rings is 4. The van der Waals surface area contributed by atoms with Crippen LogP contribution in [0.3, 0.4) is 0 Å². The molecule has 0 aliphatic rings. The number of carbonyl (C=O) groups is 1. The molecule has 4 rings (SSSR count). The zero-order valence-electron chi connectivity index (χ0n) is 16.7. The van der Waals surface area contributed by atoms with Gasteiger partial charge in [-0.15, -0.1) is 0 Å². The highest BCUT2D eigenvalue weighted by Crippen LogP contribution is 2.44. The van der Waals surface area contributed by atoms with Crippen molar-refractivity contribution in [3.05, 3.63) is 144 Å². The minimum absolute atomic E-state index is 0.00902. The van der Waals surface area contributed by atoms with E-state index in [1.54, 1.807) is 0 Å². The van der Waals surface area contributed by atoms with Crippen LogP contribution in [0.25, 0.3) is 0 Å². The van der Waals surface area contributed by atoms with Crippen LogP contribution in [0.15, 0.2) is 121 Å². The largest absolute Gasteiger partial charge is 0.380 e. The lowest BCUT2D eigenvalue weighted by atomic mass is 9.70. The smallest absolute Gasteiger partial charge is 0.163 e. The summed E-state index contributed by atoms with van der Waals surface area (Å²) in [5.41, 5.74) is 1.77. The molecule has 2 nitrogen and oxygen atoms in total. The van der Waals surface area contributed by atoms with Crippen LogP contribution in [-0.2, 0) is 5.60 Å². The van der Waals surface area contributed by atoms with Gasteiger partial charge in [0.25, 0.3) is 0 Å². The SMILES string of the molecule is O=C(CC(c1ccccc1)C(O)(c1ccccc1)c1ccccc1)c1ccccc1. The molecule has 0 aliphatic carbocycles. The number of Topliss-reactive ketones (excluding diaryl/α,β-unsaturated/α-hetero) is 1. The van der Waals surface area contributed by atoms with E-state index in [1.165, 1.54) is 0 Å². The highest BCUT2D eigenvalue weighted by Gasteiger charge is 2.42. The molecule has 2 heteroatoms. The van der Waals surface area contributed by atoms with Gasteiger partial charge in [-0.3, -0.25) is 4.79 Å². The van der Waals surface area contributed by atoms with Crippen molar-refractivity contribution in [3.63, 3.8) is 0 Å². The lowest BCUT2D eigenvalue weighted by Gasteiger charge is -2.37. The second-order valence-electron chi connectivity index (χ2n) is 7.46. The molecule has 0 saturated carbocycles. The Morgan fingerprint density at radius 1 is 0.633 bits per heavy atom. The first-order valence-electron chi connectivity index (χ1n) is 10.2. The van der Waals surface area contributed by atoms with Crippen LogP contribution in [0.5, 0.6) is 0 Å². The molecule has 0 bridgehead atoms. The maximum atomic E-state index is 13.2. The van der Waals surface area contributed by atoms with E-state index < -0.39 is 11.5 Å². The molecular weight excluding hydrogens is 368 g/mol. The fraction of sp³-hybridized carbons (Fsp3) is 0.107. The van der Waals surface area contributed by atoms with Gasteiger partial charge in [-0.1, -0.05) is 121 Å². The molecular formula is C28H24O2. The third kappa shape index (κ3) is 3.96. The lowest BCUT2D eigenvalue weighted by Crippen LogP contribution is -2.36. The van der Waals surface area contributed by atoms with Crippen molar-refractivity contribution < 1.29 is 9.90 Å². The summed E-state index contributed by atoms with van der Waals surface area (Å²) in [4.78, 5) is 13.2. The molecule has 0 amide bonds. The molecule has 0 radical (unpaired) electrons. The maximum absolute atomic E-state index is 13.2. The summed E-state index contributed by atoms with van der Waals surface area (Å²) < 4.78 is 0. The number of hydrogen-bond donors (Lipinski definition) is 1. The summed E-state index contributed by atoms with van der Waals surface area (Å²) in [6.07, 6.45) is 0.189. The Bertz CT molecular complexity index is 1040. The van der Waals surface area contributed by atoms with Crippen molar-refractivity contribution in [1.29, 1.82) is 0 Å². The molecule has 0 aliphatic heterocycles. The fourth-order valence-electron chi connectivity index (χ4n) is 4.07. The van der Waals surface area contributed by atoms with E-state index in [0.717, 1.165) is 16.7 Å². The average molecular weight is 392 g/mol. The van der Waals surface area contributed by atoms with Gasteiger partial charge in [0.1, 0.15) is 5.60 Å². The van der Waals surface area contributed by atoms with Crippen LogP contribution in [0.4, 0.5) is 0 Å². The van der Waals surface area contributed by atoms with Crippen molar-refractivity contribution in [2.24, 2.45) is 0 Å². The van der Waals surface area contributed by atoms with Crippen molar-refractivity contribution in [2.75, 3.05) is 0 Å². The molecule has 0 aromatic heterocycles. The van der Waals surface area contributed by atoms with Gasteiger partial charge in [0, 0.05) is 17.9 Å². The maximum Gasteiger partial charge on any atom is 0.163 e. The lowest BCUT2D eigenvalue weighted by molar-refractivity contribution is 0.0437. The minimum atomic E-state index is -1.35. The monoisotopic (exact) mass is 392 g/mol. The van der Waals surface area contributed by atoms with E-state index in [1.807, 2.05) is 121 Å². The van der Waals surface area contributed by atoms with Crippen LogP contribution in [0.1, 0.15) is 39.4 Å². The number of carbonyl (C=O) groups excluding carboxylic acids is 1. The van der Waals surface area contributed by atoms with Crippen LogP contribution in [-0.4, -0.2) is 10.9 Å². The molecule has 0 saturated heterocycles. The Morgan fingerprint density at radius 3 is 1.50 bits per heavy atom. The van der Waals surface area contributed by atoms with E-state index in [0.29, 0.717) is 5.56 Å². The van der Waals surface area contributed by atoms with Crippen molar-refractivity contribution in [3.8, 4) is 0 Å². The zero-order valence-corrected chi connectivity index (χ0v) is 16.7. The van der Waals surface area contributed by atoms with Gasteiger partial charge < -0.3 is 5.11 Å². The summed E-state index contributed by atoms with van der Waals surface area (Å²) >= 11 is 0. The van der Waals surface area contributed by atoms with E-state index in [-0.39, 0.29) is 12.2 Å². The van der Waals surface area contributed by atoms with Crippen molar-refractivity contribution >= 4 is 5.78 Å². The highest BCUT2D eigenvalue weighted by molar-refractivity contribution is 5.96. The summed E-state index contributed by atoms with van der Waals surface area (Å²) in [6.45, 7) is 0. The summed E-state index contributed by atoms with van der Waals surface area (Å²) in [6, 6.07) is 38.4. The van der Waals surface area contributed by atoms with Gasteiger partial charge in [-0.05, 0) is 16.7 Å². The number of rotatable bonds is 7. The first-order chi connectivity index (χ1) is 14.7. The molecule has 4 aromatic carbocycles. The quantitative estimate of drug-likeness (QED) is 0.393. The molecule has 148 valence electrons. The van der Waals surface area contributed by atoms with Gasteiger partial charge >= 0.3 is 0 Å². The van der Waals surface area contributed by atoms with Crippen molar-refractivity contribution in [2.45, 2.75) is 17.9 Å². The highest BCUT2D eigenvalue weighted by atomic mass is 16.3. The molecule has 0 spiro atoms. The topological polar surface area (TPSA) is 37.3 Å². The predicted molar refractivity (Wildman–Crippen MR) is 120 cm³/mol. The van der Waals surface area contributed by atoms with Gasteiger partial charge in [-0.2, -0.15) is 0 Å². The van der Waals surface area contributed by atoms with Crippen LogP contribution >= 0.6 is 0 Å². The van der Waals surface area contributed by atoms with E-state index >= 15 is 0 Å². The van der Waals surface area contributed by atoms with Gasteiger partial charge in [0.05, 0.1) is 0 Å². The molecule has 4 aromatic rings. The van der Waals surface area contributed by atoms with Crippen LogP contribution in [0, 0.1) is 0 Å². The second-order valence-corrected chi connectivity index (χ2v) is 7.46. The van der Waals surface area contributed by atoms with E-state index in [9.17, 15) is 9.90 Å². The van der Waals surface area contributed by atoms with Crippen LogP contribution in [0.2, 0.25) is 0 Å². The third-order valence-electron chi connectivity index (χ3n) is 5.62. The molecule has 1 N–H and O–H groups in total. The Morgan fingerprint density at radius 2 is 1.03 bits per heavy atom. The molecule has 30 heavy (non-hydrogen) atoms. The van der Waals surface area contributed by atoms with Crippen LogP contribution < -0.4 is 0 Å². The first kappa shape index (κ1) is 19.8. The Labute approximate surface area is 177 Å². The zero-order chi connectivity index (χ0) is 20.8.